The van der Waals surface area contributed by atoms with Crippen molar-refractivity contribution >= 4 is 11.8 Å². The second kappa shape index (κ2) is 4.95. The number of benzene rings is 1. The van der Waals surface area contributed by atoms with Crippen molar-refractivity contribution in [1.82, 2.24) is 5.32 Å². The molecule has 0 aliphatic carbocycles. The zero-order valence-electron chi connectivity index (χ0n) is 9.79. The maximum Gasteiger partial charge on any atom is 0.236 e. The van der Waals surface area contributed by atoms with Crippen molar-refractivity contribution in [2.45, 2.75) is 19.3 Å². The minimum atomic E-state index is -0.844. The van der Waals surface area contributed by atoms with E-state index < -0.39 is 11.3 Å². The lowest BCUT2D eigenvalue weighted by molar-refractivity contribution is -0.128. The minimum Gasteiger partial charge on any atom is -0.368 e. The van der Waals surface area contributed by atoms with Crippen molar-refractivity contribution in [2.24, 2.45) is 5.73 Å². The van der Waals surface area contributed by atoms with Crippen LogP contribution in [0.1, 0.15) is 19.4 Å². The highest BCUT2D eigenvalue weighted by molar-refractivity contribution is 5.90. The average molecular weight is 238 g/mol. The molecule has 3 N–H and O–H groups in total. The molecule has 0 radical (unpaired) electrons. The molecule has 92 valence electrons. The van der Waals surface area contributed by atoms with Gasteiger partial charge in [0.05, 0.1) is 12.0 Å². The standard InChI is InChI=1S/C12H15FN2O2/c1-12(2,11(17)15-7-10(14)16)8-3-5-9(13)6-4-8/h3-6H,7H2,1-2H3,(H2,14,16)(H,15,17). The van der Waals surface area contributed by atoms with Crippen LogP contribution in [0.3, 0.4) is 0 Å². The van der Waals surface area contributed by atoms with Gasteiger partial charge in [-0.1, -0.05) is 12.1 Å². The lowest BCUT2D eigenvalue weighted by atomic mass is 9.84. The van der Waals surface area contributed by atoms with Gasteiger partial charge in [0.2, 0.25) is 11.8 Å². The van der Waals surface area contributed by atoms with E-state index in [2.05, 4.69) is 5.32 Å². The number of hydrogen-bond donors (Lipinski definition) is 2. The number of carbonyl (C=O) groups excluding carboxylic acids is 2. The number of carbonyl (C=O) groups is 2. The van der Waals surface area contributed by atoms with E-state index >= 15 is 0 Å². The summed E-state index contributed by atoms with van der Waals surface area (Å²) in [5.74, 6) is -1.29. The minimum absolute atomic E-state index is 0.205. The second-order valence-electron chi connectivity index (χ2n) is 4.28. The Bertz CT molecular complexity index is 427. The third-order valence-corrected chi connectivity index (χ3v) is 2.56. The van der Waals surface area contributed by atoms with Crippen LogP contribution in [0.4, 0.5) is 4.39 Å². The molecule has 1 aromatic carbocycles. The van der Waals surface area contributed by atoms with Crippen LogP contribution < -0.4 is 11.1 Å². The largest absolute Gasteiger partial charge is 0.368 e. The fraction of sp³-hybridized carbons (Fsp3) is 0.333. The maximum atomic E-state index is 12.8. The van der Waals surface area contributed by atoms with Gasteiger partial charge in [0, 0.05) is 0 Å². The first-order valence-corrected chi connectivity index (χ1v) is 5.16. The Morgan fingerprint density at radius 3 is 2.29 bits per heavy atom. The first kappa shape index (κ1) is 13.2. The summed E-state index contributed by atoms with van der Waals surface area (Å²) in [6.07, 6.45) is 0. The molecule has 0 saturated heterocycles. The molecule has 0 aromatic heterocycles. The molecule has 17 heavy (non-hydrogen) atoms. The van der Waals surface area contributed by atoms with Crippen molar-refractivity contribution in [1.29, 1.82) is 0 Å². The van der Waals surface area contributed by atoms with Gasteiger partial charge < -0.3 is 11.1 Å². The van der Waals surface area contributed by atoms with E-state index in [-0.39, 0.29) is 18.3 Å². The van der Waals surface area contributed by atoms with Crippen molar-refractivity contribution in [2.75, 3.05) is 6.54 Å². The fourth-order valence-electron chi connectivity index (χ4n) is 1.39. The third kappa shape index (κ3) is 3.27. The summed E-state index contributed by atoms with van der Waals surface area (Å²) in [7, 11) is 0. The molecule has 0 bridgehead atoms. The zero-order valence-corrected chi connectivity index (χ0v) is 9.79. The highest BCUT2D eigenvalue weighted by Crippen LogP contribution is 2.23. The van der Waals surface area contributed by atoms with Gasteiger partial charge in [-0.2, -0.15) is 0 Å². The van der Waals surface area contributed by atoms with Crippen LogP contribution in [0.5, 0.6) is 0 Å². The topological polar surface area (TPSA) is 72.2 Å². The monoisotopic (exact) mass is 238 g/mol. The summed E-state index contributed by atoms with van der Waals surface area (Å²) in [4.78, 5) is 22.4. The molecular weight excluding hydrogens is 223 g/mol. The van der Waals surface area contributed by atoms with Gasteiger partial charge in [-0.3, -0.25) is 9.59 Å². The molecule has 0 heterocycles. The molecular formula is C12H15FN2O2. The maximum absolute atomic E-state index is 12.8. The van der Waals surface area contributed by atoms with E-state index in [0.717, 1.165) is 0 Å². The molecule has 0 saturated carbocycles. The molecule has 1 aromatic rings. The van der Waals surface area contributed by atoms with Crippen molar-refractivity contribution < 1.29 is 14.0 Å². The number of primary amides is 1. The van der Waals surface area contributed by atoms with E-state index in [1.807, 2.05) is 0 Å². The molecule has 0 spiro atoms. The molecule has 4 nitrogen and oxygen atoms in total. The highest BCUT2D eigenvalue weighted by Gasteiger charge is 2.29. The number of amides is 2. The van der Waals surface area contributed by atoms with Crippen LogP contribution in [0.15, 0.2) is 24.3 Å². The summed E-state index contributed by atoms with van der Waals surface area (Å²) >= 11 is 0. The molecule has 1 rings (SSSR count). The van der Waals surface area contributed by atoms with Gasteiger partial charge in [-0.05, 0) is 31.5 Å². The van der Waals surface area contributed by atoms with Gasteiger partial charge >= 0.3 is 0 Å². The van der Waals surface area contributed by atoms with Crippen molar-refractivity contribution in [3.05, 3.63) is 35.6 Å². The lowest BCUT2D eigenvalue weighted by Crippen LogP contribution is -2.43. The van der Waals surface area contributed by atoms with Crippen LogP contribution >= 0.6 is 0 Å². The average Bonchev–Trinajstić information content (AvgIpc) is 2.26. The quantitative estimate of drug-likeness (QED) is 0.810. The molecule has 0 fully saturated rings. The number of halogens is 1. The van der Waals surface area contributed by atoms with Crippen LogP contribution in [-0.4, -0.2) is 18.4 Å². The van der Waals surface area contributed by atoms with Crippen LogP contribution in [0, 0.1) is 5.82 Å². The van der Waals surface area contributed by atoms with Gasteiger partial charge in [0.25, 0.3) is 0 Å². The molecule has 0 aliphatic heterocycles. The third-order valence-electron chi connectivity index (χ3n) is 2.56. The summed E-state index contributed by atoms with van der Waals surface area (Å²) in [5, 5.41) is 2.43. The SMILES string of the molecule is CC(C)(C(=O)NCC(N)=O)c1ccc(F)cc1. The van der Waals surface area contributed by atoms with Crippen LogP contribution in [0.25, 0.3) is 0 Å². The van der Waals surface area contributed by atoms with Gasteiger partial charge in [0.1, 0.15) is 5.82 Å². The van der Waals surface area contributed by atoms with Crippen molar-refractivity contribution in [3.8, 4) is 0 Å². The Morgan fingerprint density at radius 2 is 1.82 bits per heavy atom. The van der Waals surface area contributed by atoms with Gasteiger partial charge in [-0.25, -0.2) is 4.39 Å². The Morgan fingerprint density at radius 1 is 1.29 bits per heavy atom. The Balaban J connectivity index is 2.82. The van der Waals surface area contributed by atoms with Gasteiger partial charge in [0.15, 0.2) is 0 Å². The van der Waals surface area contributed by atoms with E-state index in [9.17, 15) is 14.0 Å². The van der Waals surface area contributed by atoms with E-state index in [0.29, 0.717) is 5.56 Å². The van der Waals surface area contributed by atoms with E-state index in [4.69, 9.17) is 5.73 Å². The molecule has 2 amide bonds. The van der Waals surface area contributed by atoms with Crippen LogP contribution in [-0.2, 0) is 15.0 Å². The second-order valence-corrected chi connectivity index (χ2v) is 4.28. The van der Waals surface area contributed by atoms with E-state index in [1.54, 1.807) is 26.0 Å². The normalized spacial score (nSPS) is 11.0. The first-order valence-electron chi connectivity index (χ1n) is 5.16. The van der Waals surface area contributed by atoms with E-state index in [1.165, 1.54) is 12.1 Å². The molecule has 5 heteroatoms. The zero-order chi connectivity index (χ0) is 13.1. The Kier molecular flexibility index (Phi) is 3.83. The number of rotatable bonds is 4. The predicted octanol–water partition coefficient (Wildman–Crippen LogP) is 0.705. The number of hydrogen-bond acceptors (Lipinski definition) is 2. The predicted molar refractivity (Wildman–Crippen MR) is 61.6 cm³/mol. The summed E-state index contributed by atoms with van der Waals surface area (Å²) < 4.78 is 12.8. The first-order chi connectivity index (χ1) is 7.84. The smallest absolute Gasteiger partial charge is 0.236 e. The fourth-order valence-corrected chi connectivity index (χ4v) is 1.39. The summed E-state index contributed by atoms with van der Waals surface area (Å²) in [5.41, 5.74) is 4.76. The number of nitrogens with one attached hydrogen (secondary N) is 1. The van der Waals surface area contributed by atoms with Crippen LogP contribution in [0.2, 0.25) is 0 Å². The van der Waals surface area contributed by atoms with Crippen molar-refractivity contribution in [3.63, 3.8) is 0 Å². The van der Waals surface area contributed by atoms with Gasteiger partial charge in [-0.15, -0.1) is 0 Å². The summed E-state index contributed by atoms with van der Waals surface area (Å²) in [6.45, 7) is 3.18. The lowest BCUT2D eigenvalue weighted by Gasteiger charge is -2.23. The molecule has 0 aliphatic rings. The molecule has 0 unspecified atom stereocenters. The Hall–Kier alpha value is -1.91. The Labute approximate surface area is 99.0 Å². The molecule has 0 atom stereocenters. The summed E-state index contributed by atoms with van der Waals surface area (Å²) in [6, 6.07) is 5.66. The highest BCUT2D eigenvalue weighted by atomic mass is 19.1. The number of nitrogens with two attached hydrogens (primary N) is 1.